The van der Waals surface area contributed by atoms with Crippen LogP contribution in [0, 0.1) is 6.92 Å². The van der Waals surface area contributed by atoms with Gasteiger partial charge in [-0.15, -0.1) is 11.8 Å². The summed E-state index contributed by atoms with van der Waals surface area (Å²) >= 11 is 1.35. The summed E-state index contributed by atoms with van der Waals surface area (Å²) in [4.78, 5) is 21.2. The van der Waals surface area contributed by atoms with Crippen molar-refractivity contribution in [2.45, 2.75) is 6.92 Å². The molecule has 0 unspecified atom stereocenters. The van der Waals surface area contributed by atoms with Crippen molar-refractivity contribution in [3.8, 4) is 0 Å². The molecule has 16 heavy (non-hydrogen) atoms. The fourth-order valence-corrected chi connectivity index (χ4v) is 2.23. The van der Waals surface area contributed by atoms with E-state index in [1.54, 1.807) is 6.20 Å². The van der Waals surface area contributed by atoms with Gasteiger partial charge in [-0.1, -0.05) is 0 Å². The third-order valence-electron chi connectivity index (χ3n) is 2.16. The van der Waals surface area contributed by atoms with Crippen molar-refractivity contribution in [2.75, 3.05) is 17.2 Å². The average molecular weight is 237 g/mol. The summed E-state index contributed by atoms with van der Waals surface area (Å²) in [5.74, 6) is 0.605. The number of thioether (sulfide) groups is 1. The zero-order valence-electron chi connectivity index (χ0n) is 8.75. The number of aliphatic carboxylic acids is 1. The first-order chi connectivity index (χ1) is 7.66. The van der Waals surface area contributed by atoms with E-state index in [4.69, 9.17) is 5.11 Å². The van der Waals surface area contributed by atoms with E-state index in [9.17, 15) is 4.79 Å². The van der Waals surface area contributed by atoms with Gasteiger partial charge in [0.2, 0.25) is 0 Å². The highest BCUT2D eigenvalue weighted by atomic mass is 32.2. The maximum atomic E-state index is 10.8. The molecular weight excluding hydrogens is 226 g/mol. The Labute approximate surface area is 97.2 Å². The summed E-state index contributed by atoms with van der Waals surface area (Å²) in [5, 5.41) is 8.91. The fourth-order valence-electron chi connectivity index (χ4n) is 1.39. The van der Waals surface area contributed by atoms with E-state index in [1.807, 2.05) is 17.9 Å². The molecule has 5 nitrogen and oxygen atoms in total. The number of rotatable bonds is 2. The normalized spacial score (nSPS) is 15.8. The van der Waals surface area contributed by atoms with Crippen LogP contribution in [0.4, 0.5) is 5.82 Å². The number of carboxylic acids is 1. The second kappa shape index (κ2) is 4.52. The number of nitrogens with zero attached hydrogens (tertiary/aromatic N) is 3. The molecule has 0 bridgehead atoms. The van der Waals surface area contributed by atoms with Crippen molar-refractivity contribution in [2.24, 2.45) is 0 Å². The van der Waals surface area contributed by atoms with Crippen LogP contribution in [0.3, 0.4) is 0 Å². The standard InChI is InChI=1S/C10H11N3O2S/c1-7-4-9(12-6-11-7)13-2-3-16-8(5-13)10(14)15/h4-6H,2-3H2,1H3,(H,14,15). The van der Waals surface area contributed by atoms with Gasteiger partial charge in [0.25, 0.3) is 0 Å². The lowest BCUT2D eigenvalue weighted by atomic mass is 10.4. The zero-order chi connectivity index (χ0) is 11.5. The molecule has 0 aliphatic carbocycles. The first-order valence-corrected chi connectivity index (χ1v) is 5.78. The molecule has 0 radical (unpaired) electrons. The minimum atomic E-state index is -0.888. The van der Waals surface area contributed by atoms with Crippen LogP contribution in [-0.2, 0) is 4.79 Å². The molecular formula is C10H11N3O2S. The van der Waals surface area contributed by atoms with Crippen LogP contribution in [-0.4, -0.2) is 33.3 Å². The van der Waals surface area contributed by atoms with Crippen LogP contribution in [0.15, 0.2) is 23.5 Å². The van der Waals surface area contributed by atoms with Gasteiger partial charge in [0.1, 0.15) is 17.1 Å². The van der Waals surface area contributed by atoms with Crippen molar-refractivity contribution in [1.29, 1.82) is 0 Å². The number of hydrogen-bond acceptors (Lipinski definition) is 5. The lowest BCUT2D eigenvalue weighted by Gasteiger charge is -2.23. The minimum Gasteiger partial charge on any atom is -0.477 e. The SMILES string of the molecule is Cc1cc(N2C=C(C(=O)O)SCC2)ncn1. The smallest absolute Gasteiger partial charge is 0.343 e. The van der Waals surface area contributed by atoms with Gasteiger partial charge in [-0.3, -0.25) is 0 Å². The third-order valence-corrected chi connectivity index (χ3v) is 3.13. The van der Waals surface area contributed by atoms with E-state index in [0.29, 0.717) is 4.91 Å². The van der Waals surface area contributed by atoms with Crippen LogP contribution >= 0.6 is 11.8 Å². The van der Waals surface area contributed by atoms with Gasteiger partial charge in [-0.05, 0) is 6.92 Å². The Morgan fingerprint density at radius 2 is 2.38 bits per heavy atom. The average Bonchev–Trinajstić information content (AvgIpc) is 2.29. The van der Waals surface area contributed by atoms with Gasteiger partial charge in [-0.2, -0.15) is 0 Å². The Hall–Kier alpha value is -1.56. The molecule has 0 amide bonds. The molecule has 84 valence electrons. The van der Waals surface area contributed by atoms with Gasteiger partial charge in [0, 0.05) is 30.3 Å². The Kier molecular flexibility index (Phi) is 3.09. The number of anilines is 1. The molecule has 1 aliphatic rings. The molecule has 0 atom stereocenters. The number of aryl methyl sites for hydroxylation is 1. The van der Waals surface area contributed by atoms with Crippen molar-refractivity contribution >= 4 is 23.5 Å². The highest BCUT2D eigenvalue weighted by Gasteiger charge is 2.17. The molecule has 6 heteroatoms. The topological polar surface area (TPSA) is 66.3 Å². The molecule has 0 spiro atoms. The van der Waals surface area contributed by atoms with Crippen LogP contribution < -0.4 is 4.90 Å². The van der Waals surface area contributed by atoms with Crippen molar-refractivity contribution in [3.63, 3.8) is 0 Å². The van der Waals surface area contributed by atoms with E-state index in [-0.39, 0.29) is 0 Å². The van der Waals surface area contributed by atoms with Gasteiger partial charge in [0.05, 0.1) is 0 Å². The molecule has 1 N–H and O–H groups in total. The number of aromatic nitrogens is 2. The lowest BCUT2D eigenvalue weighted by Crippen LogP contribution is -2.25. The lowest BCUT2D eigenvalue weighted by molar-refractivity contribution is -0.131. The van der Waals surface area contributed by atoms with E-state index in [2.05, 4.69) is 9.97 Å². The predicted octanol–water partition coefficient (Wildman–Crippen LogP) is 1.26. The first kappa shape index (κ1) is 10.9. The summed E-state index contributed by atoms with van der Waals surface area (Å²) in [7, 11) is 0. The van der Waals surface area contributed by atoms with Gasteiger partial charge < -0.3 is 10.0 Å². The molecule has 1 aliphatic heterocycles. The summed E-state index contributed by atoms with van der Waals surface area (Å²) in [6.07, 6.45) is 3.11. The van der Waals surface area contributed by atoms with Crippen molar-refractivity contribution < 1.29 is 9.90 Å². The van der Waals surface area contributed by atoms with E-state index < -0.39 is 5.97 Å². The second-order valence-electron chi connectivity index (χ2n) is 3.36. The van der Waals surface area contributed by atoms with Crippen LogP contribution in [0.25, 0.3) is 0 Å². The minimum absolute atomic E-state index is 0.350. The molecule has 0 aromatic carbocycles. The maximum absolute atomic E-state index is 10.8. The van der Waals surface area contributed by atoms with Crippen LogP contribution in [0.2, 0.25) is 0 Å². The number of carbonyl (C=O) groups is 1. The van der Waals surface area contributed by atoms with Crippen LogP contribution in [0.5, 0.6) is 0 Å². The highest BCUT2D eigenvalue weighted by Crippen LogP contribution is 2.24. The molecule has 1 aromatic rings. The van der Waals surface area contributed by atoms with Gasteiger partial charge in [0.15, 0.2) is 0 Å². The van der Waals surface area contributed by atoms with Gasteiger partial charge in [-0.25, -0.2) is 14.8 Å². The quantitative estimate of drug-likeness (QED) is 0.835. The molecule has 0 fully saturated rings. The zero-order valence-corrected chi connectivity index (χ0v) is 9.57. The van der Waals surface area contributed by atoms with Crippen molar-refractivity contribution in [1.82, 2.24) is 9.97 Å². The Morgan fingerprint density at radius 1 is 1.56 bits per heavy atom. The van der Waals surface area contributed by atoms with E-state index in [1.165, 1.54) is 18.1 Å². The Morgan fingerprint density at radius 3 is 3.06 bits per heavy atom. The number of hydrogen-bond donors (Lipinski definition) is 1. The first-order valence-electron chi connectivity index (χ1n) is 4.80. The largest absolute Gasteiger partial charge is 0.477 e. The van der Waals surface area contributed by atoms with Crippen molar-refractivity contribution in [3.05, 3.63) is 29.2 Å². The summed E-state index contributed by atoms with van der Waals surface area (Å²) < 4.78 is 0. The Bertz CT molecular complexity index is 447. The van der Waals surface area contributed by atoms with Gasteiger partial charge >= 0.3 is 5.97 Å². The monoisotopic (exact) mass is 237 g/mol. The number of carboxylic acid groups (broad SMARTS) is 1. The van der Waals surface area contributed by atoms with Crippen LogP contribution in [0.1, 0.15) is 5.69 Å². The molecule has 2 rings (SSSR count). The van der Waals surface area contributed by atoms with E-state index >= 15 is 0 Å². The van der Waals surface area contributed by atoms with E-state index in [0.717, 1.165) is 23.8 Å². The maximum Gasteiger partial charge on any atom is 0.343 e. The molecule has 0 saturated heterocycles. The highest BCUT2D eigenvalue weighted by molar-refractivity contribution is 8.04. The summed E-state index contributed by atoms with van der Waals surface area (Å²) in [5.41, 5.74) is 0.869. The molecule has 0 saturated carbocycles. The molecule has 2 heterocycles. The summed E-state index contributed by atoms with van der Waals surface area (Å²) in [6.45, 7) is 2.64. The summed E-state index contributed by atoms with van der Waals surface area (Å²) in [6, 6.07) is 1.84. The third kappa shape index (κ3) is 2.33. The fraction of sp³-hybridized carbons (Fsp3) is 0.300. The predicted molar refractivity (Wildman–Crippen MR) is 62.3 cm³/mol. The molecule has 1 aromatic heterocycles. The second-order valence-corrected chi connectivity index (χ2v) is 4.49. The Balaban J connectivity index is 2.28.